The highest BCUT2D eigenvalue weighted by Gasteiger charge is 2.30. The van der Waals surface area contributed by atoms with E-state index in [4.69, 9.17) is 5.84 Å². The molecular formula is C15H18FN5O2. The van der Waals surface area contributed by atoms with Gasteiger partial charge in [-0.2, -0.15) is 4.68 Å². The predicted molar refractivity (Wildman–Crippen MR) is 84.6 cm³/mol. The molecule has 4 rings (SSSR count). The first-order valence-electron chi connectivity index (χ1n) is 7.85. The summed E-state index contributed by atoms with van der Waals surface area (Å²) < 4.78 is 16.4. The molecule has 1 aliphatic carbocycles. The van der Waals surface area contributed by atoms with Crippen molar-refractivity contribution < 1.29 is 4.39 Å². The molecule has 2 aromatic rings. The molecule has 0 amide bonds. The summed E-state index contributed by atoms with van der Waals surface area (Å²) in [6.07, 6.45) is 2.64. The van der Waals surface area contributed by atoms with Crippen LogP contribution < -0.4 is 22.0 Å². The summed E-state index contributed by atoms with van der Waals surface area (Å²) in [5.41, 5.74) is -1.07. The van der Waals surface area contributed by atoms with Crippen molar-refractivity contribution >= 4 is 16.9 Å². The van der Waals surface area contributed by atoms with Crippen molar-refractivity contribution in [3.05, 3.63) is 32.7 Å². The van der Waals surface area contributed by atoms with E-state index in [0.29, 0.717) is 10.6 Å². The van der Waals surface area contributed by atoms with E-state index in [1.54, 1.807) is 0 Å². The van der Waals surface area contributed by atoms with Gasteiger partial charge in [-0.15, -0.1) is 0 Å². The van der Waals surface area contributed by atoms with E-state index in [9.17, 15) is 14.0 Å². The summed E-state index contributed by atoms with van der Waals surface area (Å²) in [4.78, 5) is 30.7. The maximum Gasteiger partial charge on any atom is 0.351 e. The van der Waals surface area contributed by atoms with Gasteiger partial charge in [-0.1, -0.05) is 6.92 Å². The Kier molecular flexibility index (Phi) is 2.97. The second kappa shape index (κ2) is 4.81. The Morgan fingerprint density at radius 1 is 1.30 bits per heavy atom. The van der Waals surface area contributed by atoms with Crippen molar-refractivity contribution in [3.8, 4) is 0 Å². The first-order chi connectivity index (χ1) is 11.0. The van der Waals surface area contributed by atoms with Crippen LogP contribution in [0.15, 0.2) is 15.7 Å². The smallest absolute Gasteiger partial charge is 0.351 e. The summed E-state index contributed by atoms with van der Waals surface area (Å²) in [5.74, 6) is 5.68. The number of anilines is 1. The average molecular weight is 319 g/mol. The number of nitrogen functional groups attached to an aromatic ring is 1. The summed E-state index contributed by atoms with van der Waals surface area (Å²) in [7, 11) is 0. The third-order valence-electron chi connectivity index (χ3n) is 4.66. The summed E-state index contributed by atoms with van der Waals surface area (Å²) in [5, 5.41) is 0.0486. The highest BCUT2D eigenvalue weighted by atomic mass is 19.1. The molecule has 1 saturated heterocycles. The summed E-state index contributed by atoms with van der Waals surface area (Å²) in [6.45, 7) is 3.54. The zero-order chi connectivity index (χ0) is 16.3. The van der Waals surface area contributed by atoms with Crippen LogP contribution in [0, 0.1) is 11.7 Å². The minimum absolute atomic E-state index is 0.0105. The van der Waals surface area contributed by atoms with Gasteiger partial charge in [0.05, 0.1) is 5.39 Å². The number of rotatable bonds is 2. The number of nitrogens with two attached hydrogens (primary N) is 1. The highest BCUT2D eigenvalue weighted by Crippen LogP contribution is 2.35. The van der Waals surface area contributed by atoms with Crippen LogP contribution in [0.4, 0.5) is 10.2 Å². The second-order valence-corrected chi connectivity index (χ2v) is 6.56. The van der Waals surface area contributed by atoms with Crippen molar-refractivity contribution in [2.24, 2.45) is 5.92 Å². The minimum atomic E-state index is -0.713. The standard InChI is InChI=1S/C15H18FN5O2/c1-8-4-5-19(7-8)13-11(16)6-10-12(18-13)20(9-2-3-9)15(23)21(17)14(10)22/h6,8-9H,2-5,7,17H2,1H3. The van der Waals surface area contributed by atoms with E-state index < -0.39 is 17.1 Å². The van der Waals surface area contributed by atoms with Gasteiger partial charge in [0.1, 0.15) is 0 Å². The van der Waals surface area contributed by atoms with E-state index in [2.05, 4.69) is 11.9 Å². The van der Waals surface area contributed by atoms with Gasteiger partial charge < -0.3 is 10.7 Å². The van der Waals surface area contributed by atoms with Gasteiger partial charge in [0.2, 0.25) is 0 Å². The SMILES string of the molecule is CC1CCN(c2nc3c(cc2F)c(=O)n(N)c(=O)n3C2CC2)C1. The van der Waals surface area contributed by atoms with E-state index in [1.165, 1.54) is 4.57 Å². The van der Waals surface area contributed by atoms with Gasteiger partial charge >= 0.3 is 5.69 Å². The lowest BCUT2D eigenvalue weighted by molar-refractivity contribution is 0.608. The van der Waals surface area contributed by atoms with Crippen molar-refractivity contribution in [2.75, 3.05) is 23.8 Å². The molecule has 2 aromatic heterocycles. The molecule has 0 bridgehead atoms. The Bertz CT molecular complexity index is 915. The number of halogens is 1. The van der Waals surface area contributed by atoms with Crippen molar-refractivity contribution in [1.82, 2.24) is 14.2 Å². The second-order valence-electron chi connectivity index (χ2n) is 6.56. The monoisotopic (exact) mass is 319 g/mol. The predicted octanol–water partition coefficient (Wildman–Crippen LogP) is 0.592. The third kappa shape index (κ3) is 2.12. The molecule has 3 heterocycles. The molecule has 1 aliphatic heterocycles. The van der Waals surface area contributed by atoms with Gasteiger partial charge in [0.15, 0.2) is 17.3 Å². The Balaban J connectivity index is 2.00. The number of hydrogen-bond acceptors (Lipinski definition) is 5. The van der Waals surface area contributed by atoms with E-state index in [1.807, 2.05) is 4.90 Å². The maximum absolute atomic E-state index is 14.5. The van der Waals surface area contributed by atoms with Crippen molar-refractivity contribution in [1.29, 1.82) is 0 Å². The number of pyridine rings is 1. The summed E-state index contributed by atoms with van der Waals surface area (Å²) in [6, 6.07) is 1.15. The van der Waals surface area contributed by atoms with Crippen molar-refractivity contribution in [3.63, 3.8) is 0 Å². The van der Waals surface area contributed by atoms with Crippen LogP contribution in [0.2, 0.25) is 0 Å². The van der Waals surface area contributed by atoms with Crippen LogP contribution in [0.5, 0.6) is 0 Å². The summed E-state index contributed by atoms with van der Waals surface area (Å²) >= 11 is 0. The zero-order valence-corrected chi connectivity index (χ0v) is 12.8. The molecule has 7 nitrogen and oxygen atoms in total. The van der Waals surface area contributed by atoms with Gasteiger partial charge in [-0.3, -0.25) is 9.36 Å². The fourth-order valence-electron chi connectivity index (χ4n) is 3.25. The van der Waals surface area contributed by atoms with Crippen LogP contribution in [0.1, 0.15) is 32.2 Å². The number of fused-ring (bicyclic) bond motifs is 1. The number of aromatic nitrogens is 3. The van der Waals surface area contributed by atoms with E-state index in [0.717, 1.165) is 38.4 Å². The van der Waals surface area contributed by atoms with Crippen LogP contribution >= 0.6 is 0 Å². The molecule has 0 aromatic carbocycles. The number of hydrogen-bond donors (Lipinski definition) is 1. The molecule has 2 N–H and O–H groups in total. The largest absolute Gasteiger partial charge is 0.354 e. The normalized spacial score (nSPS) is 21.3. The van der Waals surface area contributed by atoms with Gasteiger partial charge in [0.25, 0.3) is 5.56 Å². The fourth-order valence-corrected chi connectivity index (χ4v) is 3.25. The molecule has 23 heavy (non-hydrogen) atoms. The fraction of sp³-hybridized carbons (Fsp3) is 0.533. The Labute approximate surface area is 131 Å². The first-order valence-corrected chi connectivity index (χ1v) is 7.85. The molecule has 8 heteroatoms. The molecule has 1 saturated carbocycles. The number of nitrogens with zero attached hydrogens (tertiary/aromatic N) is 4. The topological polar surface area (TPSA) is 86.2 Å². The average Bonchev–Trinajstić information content (AvgIpc) is 3.26. The van der Waals surface area contributed by atoms with Crippen LogP contribution in [0.3, 0.4) is 0 Å². The zero-order valence-electron chi connectivity index (χ0n) is 12.8. The lowest BCUT2D eigenvalue weighted by atomic mass is 10.2. The lowest BCUT2D eigenvalue weighted by Crippen LogP contribution is -2.44. The molecule has 122 valence electrons. The van der Waals surface area contributed by atoms with Crippen molar-refractivity contribution in [2.45, 2.75) is 32.2 Å². The molecule has 0 spiro atoms. The Hall–Kier alpha value is -2.38. The lowest BCUT2D eigenvalue weighted by Gasteiger charge is -2.19. The van der Waals surface area contributed by atoms with Gasteiger partial charge in [-0.25, -0.2) is 14.2 Å². The van der Waals surface area contributed by atoms with E-state index in [-0.39, 0.29) is 22.9 Å². The maximum atomic E-state index is 14.5. The molecule has 0 radical (unpaired) electrons. The quantitative estimate of drug-likeness (QED) is 0.819. The van der Waals surface area contributed by atoms with Gasteiger partial charge in [0, 0.05) is 19.1 Å². The molecule has 2 fully saturated rings. The Morgan fingerprint density at radius 2 is 2.04 bits per heavy atom. The molecule has 2 aliphatic rings. The first kappa shape index (κ1) is 14.2. The Morgan fingerprint density at radius 3 is 2.65 bits per heavy atom. The molecule has 1 atom stereocenters. The van der Waals surface area contributed by atoms with Crippen LogP contribution in [-0.4, -0.2) is 27.3 Å². The van der Waals surface area contributed by atoms with Gasteiger partial charge in [-0.05, 0) is 31.2 Å². The molecular weight excluding hydrogens is 301 g/mol. The van der Waals surface area contributed by atoms with Crippen LogP contribution in [-0.2, 0) is 0 Å². The molecule has 1 unspecified atom stereocenters. The van der Waals surface area contributed by atoms with Crippen LogP contribution in [0.25, 0.3) is 11.0 Å². The highest BCUT2D eigenvalue weighted by molar-refractivity contribution is 5.77. The third-order valence-corrected chi connectivity index (χ3v) is 4.66. The minimum Gasteiger partial charge on any atom is -0.354 e. The van der Waals surface area contributed by atoms with E-state index >= 15 is 0 Å².